The Morgan fingerprint density at radius 3 is 2.76 bits per heavy atom. The van der Waals surface area contributed by atoms with E-state index in [-0.39, 0.29) is 5.78 Å². The number of carbonyl (C=O) groups excluding carboxylic acids is 1. The van der Waals surface area contributed by atoms with E-state index in [9.17, 15) is 4.79 Å². The number of aliphatic imine (C=N–C) groups is 1. The summed E-state index contributed by atoms with van der Waals surface area (Å²) in [6.45, 7) is 5.32. The first-order valence-corrected chi connectivity index (χ1v) is 12.7. The van der Waals surface area contributed by atoms with Crippen LogP contribution in [0.4, 0.5) is 0 Å². The lowest BCUT2D eigenvalue weighted by molar-refractivity contribution is 0.0973. The number of aromatic nitrogens is 3. The maximum atomic E-state index is 12.7. The number of carbonyl (C=O) groups is 1. The van der Waals surface area contributed by atoms with E-state index >= 15 is 0 Å². The molecule has 5 rings (SSSR count). The van der Waals surface area contributed by atoms with Crippen molar-refractivity contribution in [3.8, 4) is 5.69 Å². The Bertz CT molecular complexity index is 1160. The lowest BCUT2D eigenvalue weighted by Gasteiger charge is -2.35. The van der Waals surface area contributed by atoms with Crippen LogP contribution in [0, 0.1) is 0 Å². The molecule has 34 heavy (non-hydrogen) atoms. The van der Waals surface area contributed by atoms with Gasteiger partial charge in [0.05, 0.1) is 24.1 Å². The van der Waals surface area contributed by atoms with E-state index in [1.54, 1.807) is 4.68 Å². The average molecular weight is 456 g/mol. The van der Waals surface area contributed by atoms with Gasteiger partial charge in [-0.05, 0) is 75.0 Å². The van der Waals surface area contributed by atoms with E-state index < -0.39 is 0 Å². The molecule has 0 aliphatic carbocycles. The van der Waals surface area contributed by atoms with E-state index in [4.69, 9.17) is 0 Å². The van der Waals surface area contributed by atoms with Crippen molar-refractivity contribution in [2.75, 3.05) is 13.1 Å². The molecule has 0 saturated carbocycles. The summed E-state index contributed by atoms with van der Waals surface area (Å²) in [5.41, 5.74) is 5.66. The zero-order chi connectivity index (χ0) is 23.3. The maximum Gasteiger partial charge on any atom is 0.162 e. The molecule has 6 nitrogen and oxygen atoms in total. The zero-order valence-electron chi connectivity index (χ0n) is 20.0. The van der Waals surface area contributed by atoms with Crippen LogP contribution in [0.15, 0.2) is 59.7 Å². The number of benzene rings is 2. The quantitative estimate of drug-likeness (QED) is 0.327. The second-order valence-electron chi connectivity index (χ2n) is 9.39. The van der Waals surface area contributed by atoms with Crippen molar-refractivity contribution in [2.45, 2.75) is 64.5 Å². The van der Waals surface area contributed by atoms with Gasteiger partial charge in [0.15, 0.2) is 5.78 Å². The lowest BCUT2D eigenvalue weighted by atomic mass is 9.99. The molecule has 0 amide bonds. The highest BCUT2D eigenvalue weighted by atomic mass is 16.1. The third kappa shape index (κ3) is 4.87. The van der Waals surface area contributed by atoms with Gasteiger partial charge in [-0.3, -0.25) is 9.79 Å². The summed E-state index contributed by atoms with van der Waals surface area (Å²) in [7, 11) is 0. The second-order valence-corrected chi connectivity index (χ2v) is 9.39. The first-order valence-electron chi connectivity index (χ1n) is 12.7. The fraction of sp³-hybridized carbons (Fsp3) is 0.429. The first-order chi connectivity index (χ1) is 16.7. The molecule has 0 bridgehead atoms. The largest absolute Gasteiger partial charge is 0.300 e. The van der Waals surface area contributed by atoms with Crippen LogP contribution in [-0.4, -0.2) is 50.5 Å². The number of unbranched alkanes of at least 4 members (excludes halogenated alkanes) is 1. The van der Waals surface area contributed by atoms with Crippen molar-refractivity contribution < 1.29 is 4.79 Å². The van der Waals surface area contributed by atoms with Crippen LogP contribution in [0.2, 0.25) is 0 Å². The third-order valence-corrected chi connectivity index (χ3v) is 7.19. The molecule has 1 aromatic heterocycles. The summed E-state index contributed by atoms with van der Waals surface area (Å²) < 4.78 is 1.75. The molecule has 0 spiro atoms. The van der Waals surface area contributed by atoms with E-state index in [1.807, 2.05) is 42.6 Å². The molecule has 1 atom stereocenters. The number of likely N-dealkylation sites (tertiary alicyclic amines) is 1. The maximum absolute atomic E-state index is 12.7. The Kier molecular flexibility index (Phi) is 6.95. The molecule has 1 unspecified atom stereocenters. The predicted octanol–water partition coefficient (Wildman–Crippen LogP) is 5.24. The van der Waals surface area contributed by atoms with Crippen LogP contribution in [0.3, 0.4) is 0 Å². The van der Waals surface area contributed by atoms with Gasteiger partial charge in [-0.25, -0.2) is 4.68 Å². The van der Waals surface area contributed by atoms with Gasteiger partial charge in [-0.15, -0.1) is 5.10 Å². The van der Waals surface area contributed by atoms with Crippen molar-refractivity contribution >= 4 is 11.5 Å². The number of rotatable bonds is 9. The van der Waals surface area contributed by atoms with E-state index in [1.165, 1.54) is 37.8 Å². The summed E-state index contributed by atoms with van der Waals surface area (Å²) in [6.07, 6.45) is 9.80. The minimum absolute atomic E-state index is 0.216. The summed E-state index contributed by atoms with van der Waals surface area (Å²) in [5, 5.41) is 8.63. The highest BCUT2D eigenvalue weighted by Gasteiger charge is 2.21. The van der Waals surface area contributed by atoms with Crippen LogP contribution in [0.25, 0.3) is 5.69 Å². The molecular formula is C28H33N5O. The highest BCUT2D eigenvalue weighted by Crippen LogP contribution is 2.23. The molecule has 2 aliphatic heterocycles. The number of ketones is 1. The topological polar surface area (TPSA) is 63.4 Å². The van der Waals surface area contributed by atoms with Gasteiger partial charge in [0, 0.05) is 23.6 Å². The van der Waals surface area contributed by atoms with Gasteiger partial charge in [-0.2, -0.15) is 0 Å². The molecule has 2 aromatic carbocycles. The smallest absolute Gasteiger partial charge is 0.162 e. The van der Waals surface area contributed by atoms with Crippen LogP contribution < -0.4 is 0 Å². The molecule has 176 valence electrons. The van der Waals surface area contributed by atoms with E-state index in [2.05, 4.69) is 39.3 Å². The monoisotopic (exact) mass is 455 g/mol. The number of fused-ring (bicyclic) bond motifs is 1. The molecule has 6 heteroatoms. The van der Waals surface area contributed by atoms with Gasteiger partial charge in [0.2, 0.25) is 0 Å². The number of hydrogen-bond donors (Lipinski definition) is 0. The SMILES string of the molecule is CCC1CCCCN1CCCCC(=O)c1ccc(-n2cc(C3=NCc4ccccc43)nn2)cc1. The standard InChI is InChI=1S/C28H33N5O/c1-2-23-10-5-7-17-32(23)18-8-6-12-27(34)21-13-15-24(16-14-21)33-20-26(30-31-33)28-25-11-4-3-9-22(25)19-29-28/h3-4,9,11,13-16,20,23H,2,5-8,10,12,17-19H2,1H3. The molecule has 3 aromatic rings. The molecule has 0 N–H and O–H groups in total. The number of nitrogens with zero attached hydrogens (tertiary/aromatic N) is 5. The van der Waals surface area contributed by atoms with Crippen molar-refractivity contribution in [1.82, 2.24) is 19.9 Å². The Morgan fingerprint density at radius 2 is 1.91 bits per heavy atom. The van der Waals surface area contributed by atoms with E-state index in [0.29, 0.717) is 13.0 Å². The van der Waals surface area contributed by atoms with Crippen molar-refractivity contribution in [3.63, 3.8) is 0 Å². The highest BCUT2D eigenvalue weighted by molar-refractivity contribution is 6.13. The van der Waals surface area contributed by atoms with Crippen LogP contribution in [-0.2, 0) is 6.54 Å². The van der Waals surface area contributed by atoms with Gasteiger partial charge < -0.3 is 4.90 Å². The van der Waals surface area contributed by atoms with Crippen molar-refractivity contribution in [1.29, 1.82) is 0 Å². The average Bonchev–Trinajstić information content (AvgIpc) is 3.54. The fourth-order valence-electron chi connectivity index (χ4n) is 5.22. The Hall–Kier alpha value is -3.12. The number of hydrogen-bond acceptors (Lipinski definition) is 5. The Balaban J connectivity index is 1.15. The summed E-state index contributed by atoms with van der Waals surface area (Å²) in [5.74, 6) is 0.216. The molecule has 1 fully saturated rings. The van der Waals surface area contributed by atoms with E-state index in [0.717, 1.165) is 53.6 Å². The summed E-state index contributed by atoms with van der Waals surface area (Å²) >= 11 is 0. The second kappa shape index (κ2) is 10.4. The minimum atomic E-state index is 0.216. The molecule has 2 aliphatic rings. The van der Waals surface area contributed by atoms with Gasteiger partial charge in [0.1, 0.15) is 5.69 Å². The first kappa shape index (κ1) is 22.7. The lowest BCUT2D eigenvalue weighted by Crippen LogP contribution is -2.39. The van der Waals surface area contributed by atoms with Gasteiger partial charge in [-0.1, -0.05) is 42.8 Å². The molecular weight excluding hydrogens is 422 g/mol. The molecule has 1 saturated heterocycles. The molecule has 3 heterocycles. The normalized spacial score (nSPS) is 18.0. The van der Waals surface area contributed by atoms with Gasteiger partial charge in [0.25, 0.3) is 0 Å². The Labute approximate surface area is 201 Å². The summed E-state index contributed by atoms with van der Waals surface area (Å²) in [4.78, 5) is 20.0. The van der Waals surface area contributed by atoms with Crippen molar-refractivity contribution in [2.24, 2.45) is 4.99 Å². The van der Waals surface area contributed by atoms with Gasteiger partial charge >= 0.3 is 0 Å². The third-order valence-electron chi connectivity index (χ3n) is 7.19. The van der Waals surface area contributed by atoms with Crippen LogP contribution in [0.5, 0.6) is 0 Å². The summed E-state index contributed by atoms with van der Waals surface area (Å²) in [6, 6.07) is 16.7. The minimum Gasteiger partial charge on any atom is -0.300 e. The van der Waals surface area contributed by atoms with Crippen molar-refractivity contribution in [3.05, 3.63) is 77.1 Å². The number of piperidine rings is 1. The van der Waals surface area contributed by atoms with Crippen LogP contribution in [0.1, 0.15) is 79.0 Å². The molecule has 0 radical (unpaired) electrons. The number of Topliss-reactive ketones (excluding diaryl/α,β-unsaturated/α-hetero) is 1. The fourth-order valence-corrected chi connectivity index (χ4v) is 5.22. The Morgan fingerprint density at radius 1 is 1.06 bits per heavy atom. The predicted molar refractivity (Wildman–Crippen MR) is 135 cm³/mol. The zero-order valence-corrected chi connectivity index (χ0v) is 20.0. The van der Waals surface area contributed by atoms with Crippen LogP contribution >= 0.6 is 0 Å².